The molecule has 0 rings (SSSR count). The van der Waals surface area contributed by atoms with Crippen molar-refractivity contribution < 1.29 is 9.59 Å². The maximum Gasteiger partial charge on any atom is 0.219 e. The van der Waals surface area contributed by atoms with Crippen LogP contribution in [0.1, 0.15) is 53.9 Å². The lowest BCUT2D eigenvalue weighted by Gasteiger charge is -2.01. The summed E-state index contributed by atoms with van der Waals surface area (Å²) in [5.41, 5.74) is 9.93. The van der Waals surface area contributed by atoms with E-state index in [0.29, 0.717) is 0 Å². The van der Waals surface area contributed by atoms with Gasteiger partial charge in [-0.15, -0.1) is 0 Å². The molecular formula is C11H26N2O2. The van der Waals surface area contributed by atoms with Gasteiger partial charge in [0.05, 0.1) is 6.04 Å². The molecule has 15 heavy (non-hydrogen) atoms. The van der Waals surface area contributed by atoms with Crippen molar-refractivity contribution in [3.05, 3.63) is 0 Å². The van der Waals surface area contributed by atoms with Gasteiger partial charge in [0.15, 0.2) is 0 Å². The second-order valence-corrected chi connectivity index (χ2v) is 3.30. The molecule has 0 aromatic rings. The van der Waals surface area contributed by atoms with Crippen LogP contribution in [0.3, 0.4) is 0 Å². The summed E-state index contributed by atoms with van der Waals surface area (Å²) in [7, 11) is 0. The van der Waals surface area contributed by atoms with Gasteiger partial charge in [0, 0.05) is 6.42 Å². The molecule has 92 valence electrons. The quantitative estimate of drug-likeness (QED) is 0.754. The summed E-state index contributed by atoms with van der Waals surface area (Å²) in [5, 5.41) is 0. The first-order valence-corrected chi connectivity index (χ1v) is 5.41. The molecule has 0 fully saturated rings. The summed E-state index contributed by atoms with van der Waals surface area (Å²) in [6.07, 6.45) is 2.44. The molecule has 0 aromatic carbocycles. The highest BCUT2D eigenvalue weighted by Gasteiger charge is 2.09. The van der Waals surface area contributed by atoms with E-state index in [1.165, 1.54) is 19.8 Å². The maximum absolute atomic E-state index is 10.3. The molecule has 0 aliphatic rings. The van der Waals surface area contributed by atoms with Gasteiger partial charge in [0.1, 0.15) is 5.78 Å². The number of hydrogen-bond acceptors (Lipinski definition) is 3. The van der Waals surface area contributed by atoms with E-state index in [0.717, 1.165) is 0 Å². The number of amides is 1. The van der Waals surface area contributed by atoms with Crippen molar-refractivity contribution in [3.8, 4) is 0 Å². The Kier molecular flexibility index (Phi) is 20.4. The Morgan fingerprint density at radius 2 is 1.33 bits per heavy atom. The van der Waals surface area contributed by atoms with E-state index < -0.39 is 11.9 Å². The van der Waals surface area contributed by atoms with E-state index in [2.05, 4.69) is 27.7 Å². The lowest BCUT2D eigenvalue weighted by Crippen LogP contribution is -2.33. The van der Waals surface area contributed by atoms with Gasteiger partial charge in [-0.2, -0.15) is 0 Å². The van der Waals surface area contributed by atoms with Crippen LogP contribution >= 0.6 is 0 Å². The molecule has 0 saturated carbocycles. The molecule has 1 amide bonds. The molecule has 0 spiro atoms. The highest BCUT2D eigenvalue weighted by molar-refractivity contribution is 5.87. The fraction of sp³-hybridized carbons (Fsp3) is 0.818. The van der Waals surface area contributed by atoms with Crippen LogP contribution < -0.4 is 11.5 Å². The Morgan fingerprint density at radius 3 is 1.40 bits per heavy atom. The Morgan fingerprint density at radius 1 is 1.07 bits per heavy atom. The van der Waals surface area contributed by atoms with Crippen molar-refractivity contribution >= 4 is 11.7 Å². The Hall–Kier alpha value is -0.900. The van der Waals surface area contributed by atoms with Gasteiger partial charge < -0.3 is 11.5 Å². The normalized spacial score (nSPS) is 10.0. The van der Waals surface area contributed by atoms with Crippen LogP contribution in [0.4, 0.5) is 0 Å². The van der Waals surface area contributed by atoms with Crippen LogP contribution in [0.15, 0.2) is 0 Å². The third kappa shape index (κ3) is 32.0. The molecule has 1 atom stereocenters. The molecule has 4 nitrogen and oxygen atoms in total. The summed E-state index contributed by atoms with van der Waals surface area (Å²) in [6.45, 7) is 9.83. The minimum atomic E-state index is -0.720. The van der Waals surface area contributed by atoms with Crippen molar-refractivity contribution in [1.82, 2.24) is 0 Å². The summed E-state index contributed by atoms with van der Waals surface area (Å²) < 4.78 is 0. The van der Waals surface area contributed by atoms with E-state index in [-0.39, 0.29) is 12.2 Å². The smallest absolute Gasteiger partial charge is 0.219 e. The maximum atomic E-state index is 10.3. The fourth-order valence-electron chi connectivity index (χ4n) is 0.360. The number of carbonyl (C=O) groups excluding carboxylic acids is 2. The zero-order chi connectivity index (χ0) is 12.9. The van der Waals surface area contributed by atoms with Crippen molar-refractivity contribution in [1.29, 1.82) is 0 Å². The monoisotopic (exact) mass is 218 g/mol. The van der Waals surface area contributed by atoms with Crippen LogP contribution in [0.5, 0.6) is 0 Å². The number of Topliss-reactive ketones (excluding diaryl/α,β-unsaturated/α-hetero) is 1. The second-order valence-electron chi connectivity index (χ2n) is 3.30. The minimum absolute atomic E-state index is 0.0602. The topological polar surface area (TPSA) is 86.2 Å². The first-order chi connectivity index (χ1) is 6.87. The Bertz CT molecular complexity index is 157. The molecule has 0 bridgehead atoms. The summed E-state index contributed by atoms with van der Waals surface area (Å²) >= 11 is 0. The summed E-state index contributed by atoms with van der Waals surface area (Å²) in [6, 6.07) is -0.720. The number of carbonyl (C=O) groups is 2. The predicted octanol–water partition coefficient (Wildman–Crippen LogP) is 1.61. The standard InChI is InChI=1S/C5H10N2O2.2C3H8/c1-3(8)4(6)2-5(7)9;2*1-3-2/h4H,2,6H2,1H3,(H2,7,9);2*3H2,1-2H3. The van der Waals surface area contributed by atoms with Gasteiger partial charge in [0.25, 0.3) is 0 Å². The van der Waals surface area contributed by atoms with Gasteiger partial charge in [-0.25, -0.2) is 0 Å². The average Bonchev–Trinajstić information content (AvgIpc) is 2.05. The number of rotatable bonds is 3. The van der Waals surface area contributed by atoms with Gasteiger partial charge in [-0.05, 0) is 6.92 Å². The van der Waals surface area contributed by atoms with E-state index >= 15 is 0 Å². The number of ketones is 1. The van der Waals surface area contributed by atoms with Crippen molar-refractivity contribution in [3.63, 3.8) is 0 Å². The molecule has 0 saturated heterocycles. The number of nitrogens with two attached hydrogens (primary N) is 2. The van der Waals surface area contributed by atoms with Gasteiger partial charge in [-0.3, -0.25) is 9.59 Å². The molecule has 0 aliphatic heterocycles. The van der Waals surface area contributed by atoms with Crippen molar-refractivity contribution in [2.45, 2.75) is 59.9 Å². The van der Waals surface area contributed by atoms with Gasteiger partial charge in [0.2, 0.25) is 5.91 Å². The van der Waals surface area contributed by atoms with Crippen LogP contribution in [0.2, 0.25) is 0 Å². The number of hydrogen-bond donors (Lipinski definition) is 2. The van der Waals surface area contributed by atoms with Crippen LogP contribution in [-0.2, 0) is 9.59 Å². The lowest BCUT2D eigenvalue weighted by molar-refractivity contribution is -0.123. The molecule has 0 aromatic heterocycles. The Labute approximate surface area is 93.4 Å². The zero-order valence-corrected chi connectivity index (χ0v) is 10.7. The largest absolute Gasteiger partial charge is 0.370 e. The predicted molar refractivity (Wildman–Crippen MR) is 64.4 cm³/mol. The second kappa shape index (κ2) is 15.6. The van der Waals surface area contributed by atoms with E-state index in [9.17, 15) is 9.59 Å². The molecule has 0 heterocycles. The third-order valence-corrected chi connectivity index (χ3v) is 0.943. The van der Waals surface area contributed by atoms with Gasteiger partial charge in [-0.1, -0.05) is 40.5 Å². The van der Waals surface area contributed by atoms with Gasteiger partial charge >= 0.3 is 0 Å². The average molecular weight is 218 g/mol. The molecule has 0 aliphatic carbocycles. The molecule has 4 heteroatoms. The first-order valence-electron chi connectivity index (χ1n) is 5.41. The SMILES string of the molecule is CC(=O)C(N)CC(N)=O.CCC.CCC. The van der Waals surface area contributed by atoms with Crippen LogP contribution in [0, 0.1) is 0 Å². The highest BCUT2D eigenvalue weighted by atomic mass is 16.1. The molecule has 4 N–H and O–H groups in total. The van der Waals surface area contributed by atoms with Crippen LogP contribution in [0.25, 0.3) is 0 Å². The van der Waals surface area contributed by atoms with Crippen molar-refractivity contribution in [2.24, 2.45) is 11.5 Å². The highest BCUT2D eigenvalue weighted by Crippen LogP contribution is 1.86. The van der Waals surface area contributed by atoms with Crippen molar-refractivity contribution in [2.75, 3.05) is 0 Å². The molecule has 0 radical (unpaired) electrons. The van der Waals surface area contributed by atoms with Crippen LogP contribution in [-0.4, -0.2) is 17.7 Å². The number of primary amides is 1. The zero-order valence-electron chi connectivity index (χ0n) is 10.7. The Balaban J connectivity index is -0.000000200. The summed E-state index contributed by atoms with van der Waals surface area (Å²) in [5.74, 6) is -0.758. The third-order valence-electron chi connectivity index (χ3n) is 0.943. The lowest BCUT2D eigenvalue weighted by atomic mass is 10.1. The first kappa shape index (κ1) is 19.6. The fourth-order valence-corrected chi connectivity index (χ4v) is 0.360. The molecular weight excluding hydrogens is 192 g/mol. The van der Waals surface area contributed by atoms with E-state index in [1.54, 1.807) is 0 Å². The molecule has 1 unspecified atom stereocenters. The summed E-state index contributed by atoms with van der Waals surface area (Å²) in [4.78, 5) is 20.5. The van der Waals surface area contributed by atoms with E-state index in [1.807, 2.05) is 0 Å². The van der Waals surface area contributed by atoms with E-state index in [4.69, 9.17) is 11.5 Å². The minimum Gasteiger partial charge on any atom is -0.370 e.